The maximum absolute atomic E-state index is 6.47. The predicted molar refractivity (Wildman–Crippen MR) is 83.8 cm³/mol. The van der Waals surface area contributed by atoms with Crippen molar-refractivity contribution in [2.24, 2.45) is 0 Å². The molecule has 1 aromatic carbocycles. The van der Waals surface area contributed by atoms with Gasteiger partial charge in [0.1, 0.15) is 5.60 Å². The second-order valence-corrected chi connectivity index (χ2v) is 6.41. The fourth-order valence-corrected chi connectivity index (χ4v) is 3.28. The first-order valence-corrected chi connectivity index (χ1v) is 8.23. The minimum atomic E-state index is -0.275. The van der Waals surface area contributed by atoms with E-state index in [2.05, 4.69) is 19.1 Å². The van der Waals surface area contributed by atoms with Gasteiger partial charge in [-0.2, -0.15) is 0 Å². The third-order valence-electron chi connectivity index (χ3n) is 4.69. The number of ether oxygens (including phenoxy) is 4. The van der Waals surface area contributed by atoms with Gasteiger partial charge in [0.15, 0.2) is 0 Å². The highest BCUT2D eigenvalue weighted by molar-refractivity contribution is 5.13. The smallest absolute Gasteiger partial charge is 0.116 e. The Bertz CT molecular complexity index is 453. The lowest BCUT2D eigenvalue weighted by Gasteiger charge is -2.33. The molecule has 2 aliphatic heterocycles. The van der Waals surface area contributed by atoms with Gasteiger partial charge in [-0.1, -0.05) is 37.3 Å². The number of hydrogen-bond donors (Lipinski definition) is 0. The largest absolute Gasteiger partial charge is 0.376 e. The first-order valence-electron chi connectivity index (χ1n) is 8.23. The summed E-state index contributed by atoms with van der Waals surface area (Å²) in [5.41, 5.74) is 0.719. The quantitative estimate of drug-likeness (QED) is 0.838. The van der Waals surface area contributed by atoms with Crippen LogP contribution in [0.4, 0.5) is 0 Å². The molecule has 2 saturated heterocycles. The van der Waals surface area contributed by atoms with Crippen molar-refractivity contribution in [3.05, 3.63) is 35.9 Å². The fraction of sp³-hybridized carbons (Fsp3) is 0.667. The molecule has 4 nitrogen and oxygen atoms in total. The van der Waals surface area contributed by atoms with Crippen LogP contribution in [-0.4, -0.2) is 44.2 Å². The van der Waals surface area contributed by atoms with E-state index in [1.54, 1.807) is 0 Å². The third-order valence-corrected chi connectivity index (χ3v) is 4.69. The SMILES string of the molecule is CCC1(COCc2ccccc2)CCC2(COCCOC2)O1. The van der Waals surface area contributed by atoms with E-state index < -0.39 is 0 Å². The van der Waals surface area contributed by atoms with E-state index in [4.69, 9.17) is 18.9 Å². The Morgan fingerprint density at radius 1 is 1.05 bits per heavy atom. The second-order valence-electron chi connectivity index (χ2n) is 6.41. The van der Waals surface area contributed by atoms with Gasteiger partial charge in [0, 0.05) is 0 Å². The van der Waals surface area contributed by atoms with Gasteiger partial charge in [-0.15, -0.1) is 0 Å². The minimum Gasteiger partial charge on any atom is -0.376 e. The van der Waals surface area contributed by atoms with Crippen molar-refractivity contribution in [1.82, 2.24) is 0 Å². The molecular weight excluding hydrogens is 280 g/mol. The molecule has 1 aromatic rings. The summed E-state index contributed by atoms with van der Waals surface area (Å²) in [6.07, 6.45) is 2.93. The Morgan fingerprint density at radius 3 is 2.45 bits per heavy atom. The van der Waals surface area contributed by atoms with E-state index in [1.807, 2.05) is 18.2 Å². The van der Waals surface area contributed by atoms with Crippen molar-refractivity contribution in [3.8, 4) is 0 Å². The first kappa shape index (κ1) is 15.9. The fourth-order valence-electron chi connectivity index (χ4n) is 3.28. The molecule has 1 atom stereocenters. The summed E-state index contributed by atoms with van der Waals surface area (Å²) in [5.74, 6) is 0. The molecule has 1 unspecified atom stereocenters. The van der Waals surface area contributed by atoms with Gasteiger partial charge in [0.25, 0.3) is 0 Å². The van der Waals surface area contributed by atoms with Gasteiger partial charge in [-0.25, -0.2) is 0 Å². The van der Waals surface area contributed by atoms with Crippen LogP contribution in [0.15, 0.2) is 30.3 Å². The van der Waals surface area contributed by atoms with Crippen molar-refractivity contribution in [1.29, 1.82) is 0 Å². The zero-order valence-electron chi connectivity index (χ0n) is 13.4. The van der Waals surface area contributed by atoms with Crippen molar-refractivity contribution in [3.63, 3.8) is 0 Å². The van der Waals surface area contributed by atoms with E-state index in [0.717, 1.165) is 19.3 Å². The van der Waals surface area contributed by atoms with Crippen molar-refractivity contribution >= 4 is 0 Å². The topological polar surface area (TPSA) is 36.9 Å². The van der Waals surface area contributed by atoms with Gasteiger partial charge >= 0.3 is 0 Å². The standard InChI is InChI=1S/C18H26O4/c1-2-17(13-21-12-16-6-4-3-5-7-16)8-9-18(22-17)14-19-10-11-20-15-18/h3-7H,2,8-15H2,1H3. The molecule has 0 aromatic heterocycles. The van der Waals surface area contributed by atoms with Gasteiger partial charge in [0.05, 0.1) is 45.2 Å². The van der Waals surface area contributed by atoms with Crippen LogP contribution < -0.4 is 0 Å². The van der Waals surface area contributed by atoms with E-state index >= 15 is 0 Å². The number of hydrogen-bond acceptors (Lipinski definition) is 4. The zero-order chi connectivity index (χ0) is 15.3. The highest BCUT2D eigenvalue weighted by Crippen LogP contribution is 2.41. The lowest BCUT2D eigenvalue weighted by Crippen LogP contribution is -2.43. The molecule has 22 heavy (non-hydrogen) atoms. The molecular formula is C18H26O4. The Kier molecular flexibility index (Phi) is 5.14. The molecule has 3 rings (SSSR count). The maximum Gasteiger partial charge on any atom is 0.116 e. The molecule has 0 amide bonds. The first-order chi connectivity index (χ1) is 10.8. The Labute approximate surface area is 132 Å². The molecule has 1 spiro atoms. The lowest BCUT2D eigenvalue weighted by molar-refractivity contribution is -0.167. The third kappa shape index (κ3) is 3.69. The summed E-state index contributed by atoms with van der Waals surface area (Å²) in [6.45, 7) is 6.01. The van der Waals surface area contributed by atoms with Crippen molar-refractivity contribution in [2.75, 3.05) is 33.0 Å². The lowest BCUT2D eigenvalue weighted by atomic mass is 9.95. The van der Waals surface area contributed by atoms with Gasteiger partial charge < -0.3 is 18.9 Å². The molecule has 2 fully saturated rings. The van der Waals surface area contributed by atoms with E-state index in [1.165, 1.54) is 5.56 Å². The molecule has 0 N–H and O–H groups in total. The molecule has 0 bridgehead atoms. The van der Waals surface area contributed by atoms with Crippen LogP contribution >= 0.6 is 0 Å². The number of rotatable bonds is 5. The average molecular weight is 306 g/mol. The molecule has 0 aliphatic carbocycles. The van der Waals surface area contributed by atoms with Crippen LogP contribution in [0.25, 0.3) is 0 Å². The van der Waals surface area contributed by atoms with Crippen LogP contribution in [0.3, 0.4) is 0 Å². The summed E-state index contributed by atoms with van der Waals surface area (Å²) in [6, 6.07) is 10.3. The predicted octanol–water partition coefficient (Wildman–Crippen LogP) is 2.95. The van der Waals surface area contributed by atoms with Crippen molar-refractivity contribution < 1.29 is 18.9 Å². The molecule has 2 aliphatic rings. The zero-order valence-corrected chi connectivity index (χ0v) is 13.4. The second kappa shape index (κ2) is 7.09. The summed E-state index contributed by atoms with van der Waals surface area (Å²) < 4.78 is 23.7. The molecule has 2 heterocycles. The van der Waals surface area contributed by atoms with Crippen LogP contribution in [0.5, 0.6) is 0 Å². The number of benzene rings is 1. The van der Waals surface area contributed by atoms with Crippen LogP contribution in [0.2, 0.25) is 0 Å². The Hall–Kier alpha value is -0.940. The van der Waals surface area contributed by atoms with E-state index in [0.29, 0.717) is 39.6 Å². The Balaban J connectivity index is 1.56. The summed E-state index contributed by atoms with van der Waals surface area (Å²) >= 11 is 0. The van der Waals surface area contributed by atoms with E-state index in [-0.39, 0.29) is 11.2 Å². The molecule has 122 valence electrons. The highest BCUT2D eigenvalue weighted by atomic mass is 16.6. The minimum absolute atomic E-state index is 0.203. The normalized spacial score (nSPS) is 27.9. The van der Waals surface area contributed by atoms with Gasteiger partial charge in [0.2, 0.25) is 0 Å². The molecule has 0 radical (unpaired) electrons. The monoisotopic (exact) mass is 306 g/mol. The summed E-state index contributed by atoms with van der Waals surface area (Å²) in [4.78, 5) is 0. The van der Waals surface area contributed by atoms with Crippen LogP contribution in [0, 0.1) is 0 Å². The Morgan fingerprint density at radius 2 is 1.77 bits per heavy atom. The highest BCUT2D eigenvalue weighted by Gasteiger charge is 2.49. The van der Waals surface area contributed by atoms with Gasteiger partial charge in [-0.3, -0.25) is 0 Å². The van der Waals surface area contributed by atoms with Crippen LogP contribution in [0.1, 0.15) is 31.7 Å². The summed E-state index contributed by atoms with van der Waals surface area (Å²) in [5, 5.41) is 0. The molecule has 0 saturated carbocycles. The maximum atomic E-state index is 6.47. The van der Waals surface area contributed by atoms with Crippen molar-refractivity contribution in [2.45, 2.75) is 44.0 Å². The van der Waals surface area contributed by atoms with Crippen LogP contribution in [-0.2, 0) is 25.6 Å². The average Bonchev–Trinajstić information content (AvgIpc) is 2.75. The van der Waals surface area contributed by atoms with E-state index in [9.17, 15) is 0 Å². The van der Waals surface area contributed by atoms with Gasteiger partial charge in [-0.05, 0) is 24.8 Å². The molecule has 4 heteroatoms. The summed E-state index contributed by atoms with van der Waals surface area (Å²) in [7, 11) is 0.